The van der Waals surface area contributed by atoms with Crippen molar-refractivity contribution in [2.45, 2.75) is 175 Å². The number of esters is 1. The highest BCUT2D eigenvalue weighted by Gasteiger charge is 2.46. The molecule has 1 aliphatic heterocycles. The van der Waals surface area contributed by atoms with Crippen LogP contribution in [-0.2, 0) is 63.9 Å². The minimum absolute atomic E-state index is 0.0151. The third-order valence-corrected chi connectivity index (χ3v) is 13.8. The molecule has 4 N–H and O–H groups in total. The number of aryl methyl sites for hydroxylation is 3. The summed E-state index contributed by atoms with van der Waals surface area (Å²) in [5.41, 5.74) is 3.04. The summed E-state index contributed by atoms with van der Waals surface area (Å²) < 4.78 is 15.8. The zero-order valence-electron chi connectivity index (χ0n) is 47.0. The lowest BCUT2D eigenvalue weighted by Crippen LogP contribution is -2.60. The molecule has 2 aliphatic rings. The number of benzene rings is 3. The predicted octanol–water partition coefficient (Wildman–Crippen LogP) is 6.61. The summed E-state index contributed by atoms with van der Waals surface area (Å²) in [6, 6.07) is 17.1. The van der Waals surface area contributed by atoms with Crippen LogP contribution in [0.5, 0.6) is 0 Å². The molecule has 1 saturated heterocycles. The minimum Gasteiger partial charge on any atom is -0.467 e. The number of carbonyl (C=O) groups excluding carboxylic acids is 8. The first-order valence-corrected chi connectivity index (χ1v) is 26.2. The Balaban J connectivity index is 1.24. The van der Waals surface area contributed by atoms with Crippen LogP contribution in [0.1, 0.15) is 140 Å². The van der Waals surface area contributed by atoms with Gasteiger partial charge in [-0.2, -0.15) is 0 Å². The lowest BCUT2D eigenvalue weighted by atomic mass is 9.85. The number of methoxy groups -OCH3 is 1. The second-order valence-electron chi connectivity index (χ2n) is 23.2. The van der Waals surface area contributed by atoms with Crippen LogP contribution in [0.2, 0.25) is 0 Å². The van der Waals surface area contributed by atoms with Gasteiger partial charge in [0.1, 0.15) is 41.4 Å². The molecule has 3 aromatic rings. The van der Waals surface area contributed by atoms with Crippen molar-refractivity contribution in [3.05, 3.63) is 106 Å². The van der Waals surface area contributed by atoms with Crippen molar-refractivity contribution in [3.63, 3.8) is 0 Å². The first-order valence-electron chi connectivity index (χ1n) is 26.2. The monoisotopic (exact) mass is 1050 g/mol. The minimum atomic E-state index is -1.10. The number of nitrogens with one attached hydrogen (secondary N) is 4. The molecular weight excluding hydrogens is 971 g/mol. The highest BCUT2D eigenvalue weighted by molar-refractivity contribution is 5.97. The van der Waals surface area contributed by atoms with Gasteiger partial charge in [0.2, 0.25) is 23.6 Å². The summed E-state index contributed by atoms with van der Waals surface area (Å²) in [5.74, 6) is -2.95. The quantitative estimate of drug-likeness (QED) is 0.0833. The van der Waals surface area contributed by atoms with E-state index in [1.807, 2.05) is 75.4 Å². The van der Waals surface area contributed by atoms with Gasteiger partial charge >= 0.3 is 18.2 Å². The van der Waals surface area contributed by atoms with E-state index in [-0.39, 0.29) is 37.2 Å². The van der Waals surface area contributed by atoms with Crippen LogP contribution in [0.3, 0.4) is 0 Å². The lowest BCUT2D eigenvalue weighted by Gasteiger charge is -2.37. The van der Waals surface area contributed by atoms with Gasteiger partial charge in [0.15, 0.2) is 0 Å². The molecule has 0 radical (unpaired) electrons. The van der Waals surface area contributed by atoms with E-state index in [9.17, 15) is 38.4 Å². The van der Waals surface area contributed by atoms with Gasteiger partial charge in [0, 0.05) is 38.7 Å². The Hall–Kier alpha value is -6.98. The van der Waals surface area contributed by atoms with Gasteiger partial charge in [0.25, 0.3) is 5.91 Å². The summed E-state index contributed by atoms with van der Waals surface area (Å²) in [5, 5.41) is 11.9. The molecule has 18 heteroatoms. The van der Waals surface area contributed by atoms with Crippen molar-refractivity contribution in [1.82, 2.24) is 36.0 Å². The van der Waals surface area contributed by atoms with E-state index in [1.165, 1.54) is 35.9 Å². The van der Waals surface area contributed by atoms with Crippen molar-refractivity contribution in [3.8, 4) is 0 Å². The van der Waals surface area contributed by atoms with Crippen molar-refractivity contribution in [2.75, 3.05) is 27.7 Å². The molecule has 1 unspecified atom stereocenters. The number of hydrogen-bond acceptors (Lipinski definition) is 11. The number of rotatable bonds is 17. The number of hydrogen-bond donors (Lipinski definition) is 4. The average molecular weight is 1050 g/mol. The Morgan fingerprint density at radius 3 is 1.72 bits per heavy atom. The Kier molecular flexibility index (Phi) is 19.9. The number of likely N-dealkylation sites (tertiary alicyclic amines) is 1. The van der Waals surface area contributed by atoms with Crippen LogP contribution in [0.25, 0.3) is 0 Å². The van der Waals surface area contributed by atoms with Gasteiger partial charge in [-0.25, -0.2) is 14.4 Å². The SMILES string of the molecule is COC(=O)[C@H](Cc1ccc(CCc2ccc(C(=O)N[C@H]3C[C@@H](C(=O)N[C@@H]4CCCc5ccccc54)N(C(=O)C(NC(=O)[C@H](C)N(C)C(=O)OC(C)(C)C)C(C)(C)C)C3)cc2)cc1)NC(=O)[C@H](C)N(C)C(=O)OC(C)(C)C. The van der Waals surface area contributed by atoms with Crippen molar-refractivity contribution >= 4 is 47.7 Å². The summed E-state index contributed by atoms with van der Waals surface area (Å²) in [6.07, 6.45) is 2.80. The molecule has 1 heterocycles. The Morgan fingerprint density at radius 1 is 0.684 bits per heavy atom. The van der Waals surface area contributed by atoms with Crippen molar-refractivity contribution < 1.29 is 52.6 Å². The van der Waals surface area contributed by atoms with E-state index in [2.05, 4.69) is 27.3 Å². The summed E-state index contributed by atoms with van der Waals surface area (Å²) in [7, 11) is 4.16. The molecule has 414 valence electrons. The van der Waals surface area contributed by atoms with Crippen LogP contribution in [0.4, 0.5) is 9.59 Å². The Bertz CT molecular complexity index is 2560. The molecule has 0 saturated carbocycles. The number of likely N-dealkylation sites (N-methyl/N-ethyl adjacent to an activating group) is 2. The molecule has 0 bridgehead atoms. The molecule has 76 heavy (non-hydrogen) atoms. The molecule has 0 spiro atoms. The summed E-state index contributed by atoms with van der Waals surface area (Å²) >= 11 is 0. The van der Waals surface area contributed by atoms with Gasteiger partial charge in [0.05, 0.1) is 13.2 Å². The van der Waals surface area contributed by atoms with E-state index in [0.717, 1.165) is 47.1 Å². The molecule has 1 aliphatic carbocycles. The lowest BCUT2D eigenvalue weighted by molar-refractivity contribution is -0.145. The van der Waals surface area contributed by atoms with Crippen LogP contribution in [0.15, 0.2) is 72.8 Å². The number of nitrogens with zero attached hydrogens (tertiary/aromatic N) is 3. The molecule has 5 rings (SSSR count). The molecule has 7 atom stereocenters. The van der Waals surface area contributed by atoms with Gasteiger partial charge in [-0.05, 0) is 139 Å². The number of carbonyl (C=O) groups is 8. The van der Waals surface area contributed by atoms with E-state index < -0.39 is 88.7 Å². The molecular formula is C58H81N7O11. The molecule has 18 nitrogen and oxygen atoms in total. The predicted molar refractivity (Wildman–Crippen MR) is 288 cm³/mol. The van der Waals surface area contributed by atoms with Crippen LogP contribution < -0.4 is 21.3 Å². The number of ether oxygens (including phenoxy) is 3. The Morgan fingerprint density at radius 2 is 1.20 bits per heavy atom. The molecule has 7 amide bonds. The topological polar surface area (TPSA) is 222 Å². The second-order valence-corrected chi connectivity index (χ2v) is 23.2. The maximum atomic E-state index is 14.8. The highest BCUT2D eigenvalue weighted by atomic mass is 16.6. The van der Waals surface area contributed by atoms with Gasteiger partial charge in [-0.1, -0.05) is 81.4 Å². The van der Waals surface area contributed by atoms with E-state index >= 15 is 0 Å². The third-order valence-electron chi connectivity index (χ3n) is 13.8. The summed E-state index contributed by atoms with van der Waals surface area (Å²) in [4.78, 5) is 112. The zero-order valence-corrected chi connectivity index (χ0v) is 47.0. The van der Waals surface area contributed by atoms with E-state index in [0.29, 0.717) is 18.4 Å². The zero-order chi connectivity index (χ0) is 56.4. The van der Waals surface area contributed by atoms with Crippen LogP contribution in [0, 0.1) is 5.41 Å². The number of fused-ring (bicyclic) bond motifs is 1. The highest BCUT2D eigenvalue weighted by Crippen LogP contribution is 2.32. The van der Waals surface area contributed by atoms with E-state index in [4.69, 9.17) is 14.2 Å². The van der Waals surface area contributed by atoms with Gasteiger partial charge in [-0.3, -0.25) is 33.8 Å². The average Bonchev–Trinajstić information content (AvgIpc) is 3.78. The molecule has 3 aromatic carbocycles. The Labute approximate surface area is 448 Å². The van der Waals surface area contributed by atoms with Crippen molar-refractivity contribution in [2.24, 2.45) is 5.41 Å². The largest absolute Gasteiger partial charge is 0.467 e. The smallest absolute Gasteiger partial charge is 0.410 e. The van der Waals surface area contributed by atoms with Gasteiger partial charge in [-0.15, -0.1) is 0 Å². The normalized spacial score (nSPS) is 18.1. The third kappa shape index (κ3) is 16.5. The fourth-order valence-corrected chi connectivity index (χ4v) is 9.10. The molecule has 0 aromatic heterocycles. The number of amides is 7. The fraction of sp³-hybridized carbons (Fsp3) is 0.552. The van der Waals surface area contributed by atoms with E-state index in [1.54, 1.807) is 67.5 Å². The van der Waals surface area contributed by atoms with Gasteiger partial charge < -0.3 is 40.4 Å². The standard InChI is InChI=1S/C58H81N7O11/c1-35(63(12)54(72)75-57(6,7)8)48(66)61-45(53(71)74-14)32-39-26-24-37(25-27-39)22-23-38-28-30-41(31-29-38)50(68)59-42-33-46(51(69)60-44-21-17-19-40-18-15-16-20-43(40)44)65(34-42)52(70)47(56(3,4)5)62-49(67)36(2)64(13)55(73)76-58(9,10)11/h15-16,18,20,24-31,35-36,42,44-47H,17,19,21-23,32-34H2,1-14H3,(H,59,68)(H,60,69)(H,61,66)(H,62,67)/t35-,36-,42-,44+,45-,46-,47?/m0/s1. The fourth-order valence-electron chi connectivity index (χ4n) is 9.10. The first-order chi connectivity index (χ1) is 35.5. The van der Waals surface area contributed by atoms with Crippen LogP contribution >= 0.6 is 0 Å². The van der Waals surface area contributed by atoms with Crippen molar-refractivity contribution in [1.29, 1.82) is 0 Å². The summed E-state index contributed by atoms with van der Waals surface area (Å²) in [6.45, 7) is 18.9. The molecule has 1 fully saturated rings. The first kappa shape index (κ1) is 59.9. The maximum absolute atomic E-state index is 14.8. The van der Waals surface area contributed by atoms with Crippen LogP contribution in [-0.4, -0.2) is 138 Å². The maximum Gasteiger partial charge on any atom is 0.410 e. The second kappa shape index (κ2) is 25.2.